The molecule has 0 saturated carbocycles. The zero-order valence-electron chi connectivity index (χ0n) is 24.6. The number of carbonyl (C=O) groups excluding carboxylic acids is 2. The standard InChI is InChI=1S/C35H35N3O5/c1-22(9-10-24-7-5-4-6-8-24)43-33-17-28(12-14-32(33)42-3)38-23(2)29-13-11-25(15-31(29)35(38)41)19-37-20-26-18-36-27(21-39)16-30(26)34(37)40/h4-8,11-18,22-23,39H,9-10,19-21H2,1-3H3. The molecule has 6 rings (SSSR count). The highest BCUT2D eigenvalue weighted by molar-refractivity contribution is 6.11. The zero-order valence-corrected chi connectivity index (χ0v) is 24.6. The van der Waals surface area contributed by atoms with Gasteiger partial charge in [0.1, 0.15) is 0 Å². The van der Waals surface area contributed by atoms with Crippen molar-refractivity contribution in [1.29, 1.82) is 0 Å². The van der Waals surface area contributed by atoms with Crippen molar-refractivity contribution in [3.63, 3.8) is 0 Å². The molecule has 3 aromatic carbocycles. The average Bonchev–Trinajstić information content (AvgIpc) is 3.47. The maximum Gasteiger partial charge on any atom is 0.259 e. The van der Waals surface area contributed by atoms with E-state index in [1.165, 1.54) is 5.56 Å². The van der Waals surface area contributed by atoms with Gasteiger partial charge in [-0.05, 0) is 67.6 Å². The molecule has 8 heteroatoms. The Balaban J connectivity index is 1.18. The highest BCUT2D eigenvalue weighted by Crippen LogP contribution is 2.41. The molecule has 2 amide bonds. The van der Waals surface area contributed by atoms with Crippen LogP contribution in [-0.2, 0) is 26.1 Å². The lowest BCUT2D eigenvalue weighted by Crippen LogP contribution is -2.26. The first-order valence-corrected chi connectivity index (χ1v) is 14.6. The lowest BCUT2D eigenvalue weighted by molar-refractivity contribution is 0.0766. The van der Waals surface area contributed by atoms with Crippen LogP contribution in [0.25, 0.3) is 0 Å². The molecule has 0 fully saturated rings. The average molecular weight is 578 g/mol. The number of hydrogen-bond acceptors (Lipinski definition) is 6. The van der Waals surface area contributed by atoms with Crippen molar-refractivity contribution in [3.05, 3.63) is 118 Å². The molecule has 220 valence electrons. The Bertz CT molecular complexity index is 1670. The molecule has 0 bridgehead atoms. The maximum absolute atomic E-state index is 13.8. The Kier molecular flexibility index (Phi) is 7.86. The van der Waals surface area contributed by atoms with Crippen LogP contribution in [-0.4, -0.2) is 40.0 Å². The summed E-state index contributed by atoms with van der Waals surface area (Å²) in [5, 5.41) is 9.40. The Hall–Kier alpha value is -4.69. The highest BCUT2D eigenvalue weighted by Gasteiger charge is 2.36. The van der Waals surface area contributed by atoms with E-state index >= 15 is 0 Å². The zero-order chi connectivity index (χ0) is 30.1. The maximum atomic E-state index is 13.8. The fourth-order valence-electron chi connectivity index (χ4n) is 5.97. The first-order valence-electron chi connectivity index (χ1n) is 14.6. The fraction of sp³-hybridized carbons (Fsp3) is 0.286. The third-order valence-electron chi connectivity index (χ3n) is 8.30. The van der Waals surface area contributed by atoms with Gasteiger partial charge in [0.25, 0.3) is 11.8 Å². The number of ether oxygens (including phenoxy) is 2. The number of rotatable bonds is 10. The summed E-state index contributed by atoms with van der Waals surface area (Å²) in [6, 6.07) is 23.3. The van der Waals surface area contributed by atoms with E-state index < -0.39 is 0 Å². The number of amides is 2. The first kappa shape index (κ1) is 28.4. The van der Waals surface area contributed by atoms with E-state index in [4.69, 9.17) is 9.47 Å². The van der Waals surface area contributed by atoms with Gasteiger partial charge in [0.05, 0.1) is 31.6 Å². The number of methoxy groups -OCH3 is 1. The number of pyridine rings is 1. The number of nitrogens with zero attached hydrogens (tertiary/aromatic N) is 3. The normalized spacial score (nSPS) is 16.3. The second-order valence-electron chi connectivity index (χ2n) is 11.2. The fourth-order valence-corrected chi connectivity index (χ4v) is 5.97. The summed E-state index contributed by atoms with van der Waals surface area (Å²) in [6.07, 6.45) is 3.34. The number of aryl methyl sites for hydroxylation is 1. The summed E-state index contributed by atoms with van der Waals surface area (Å²) in [5.74, 6) is 1.03. The lowest BCUT2D eigenvalue weighted by atomic mass is 10.0. The van der Waals surface area contributed by atoms with Crippen LogP contribution < -0.4 is 14.4 Å². The SMILES string of the molecule is COc1ccc(N2C(=O)c3cc(CN4Cc5cnc(CO)cc5C4=O)ccc3C2C)cc1OC(C)CCc1ccccc1. The van der Waals surface area contributed by atoms with E-state index in [9.17, 15) is 14.7 Å². The molecule has 0 spiro atoms. The number of fused-ring (bicyclic) bond motifs is 2. The second kappa shape index (κ2) is 11.9. The molecule has 1 N–H and O–H groups in total. The number of hydrogen-bond donors (Lipinski definition) is 1. The summed E-state index contributed by atoms with van der Waals surface area (Å²) in [4.78, 5) is 34.6. The van der Waals surface area contributed by atoms with Crippen LogP contribution in [0.5, 0.6) is 11.5 Å². The van der Waals surface area contributed by atoms with Crippen LogP contribution in [0.4, 0.5) is 5.69 Å². The van der Waals surface area contributed by atoms with Crippen molar-refractivity contribution < 1.29 is 24.2 Å². The van der Waals surface area contributed by atoms with E-state index in [1.54, 1.807) is 29.2 Å². The van der Waals surface area contributed by atoms with Crippen LogP contribution in [0.15, 0.2) is 79.0 Å². The van der Waals surface area contributed by atoms with Crippen LogP contribution >= 0.6 is 0 Å². The molecule has 2 aliphatic rings. The van der Waals surface area contributed by atoms with Gasteiger partial charge in [-0.2, -0.15) is 0 Å². The predicted molar refractivity (Wildman–Crippen MR) is 163 cm³/mol. The first-order chi connectivity index (χ1) is 20.9. The minimum Gasteiger partial charge on any atom is -0.493 e. The number of benzene rings is 3. The van der Waals surface area contributed by atoms with Gasteiger partial charge >= 0.3 is 0 Å². The molecule has 43 heavy (non-hydrogen) atoms. The molecule has 2 unspecified atom stereocenters. The molecule has 4 aromatic rings. The largest absolute Gasteiger partial charge is 0.493 e. The summed E-state index contributed by atoms with van der Waals surface area (Å²) >= 11 is 0. The molecule has 2 aliphatic heterocycles. The highest BCUT2D eigenvalue weighted by atomic mass is 16.5. The van der Waals surface area contributed by atoms with Crippen molar-refractivity contribution in [1.82, 2.24) is 9.88 Å². The molecule has 1 aromatic heterocycles. The van der Waals surface area contributed by atoms with Gasteiger partial charge in [0.15, 0.2) is 11.5 Å². The smallest absolute Gasteiger partial charge is 0.259 e. The molecule has 0 radical (unpaired) electrons. The third kappa shape index (κ3) is 5.58. The van der Waals surface area contributed by atoms with E-state index in [-0.39, 0.29) is 30.6 Å². The molecule has 3 heterocycles. The number of anilines is 1. The van der Waals surface area contributed by atoms with Gasteiger partial charge in [-0.3, -0.25) is 14.6 Å². The van der Waals surface area contributed by atoms with Crippen molar-refractivity contribution in [3.8, 4) is 11.5 Å². The van der Waals surface area contributed by atoms with Crippen LogP contribution in [0, 0.1) is 0 Å². The lowest BCUT2D eigenvalue weighted by Gasteiger charge is -2.24. The molecular formula is C35H35N3O5. The number of aliphatic hydroxyl groups excluding tert-OH is 1. The summed E-state index contributed by atoms with van der Waals surface area (Å²) < 4.78 is 11.9. The molecule has 8 nitrogen and oxygen atoms in total. The van der Waals surface area contributed by atoms with E-state index in [0.717, 1.165) is 35.2 Å². The van der Waals surface area contributed by atoms with E-state index in [1.807, 2.05) is 68.4 Å². The minimum absolute atomic E-state index is 0.0544. The van der Waals surface area contributed by atoms with E-state index in [2.05, 4.69) is 17.1 Å². The van der Waals surface area contributed by atoms with Gasteiger partial charge in [0.2, 0.25) is 0 Å². The third-order valence-corrected chi connectivity index (χ3v) is 8.30. The molecule has 0 saturated heterocycles. The van der Waals surface area contributed by atoms with Crippen LogP contribution in [0.1, 0.15) is 75.0 Å². The van der Waals surface area contributed by atoms with Crippen molar-refractivity contribution >= 4 is 17.5 Å². The molecule has 2 atom stereocenters. The molecular weight excluding hydrogens is 542 g/mol. The predicted octanol–water partition coefficient (Wildman–Crippen LogP) is 5.86. The van der Waals surface area contributed by atoms with Gasteiger partial charge in [-0.25, -0.2) is 0 Å². The van der Waals surface area contributed by atoms with Gasteiger partial charge in [0, 0.05) is 47.7 Å². The number of aromatic nitrogens is 1. The molecule has 0 aliphatic carbocycles. The summed E-state index contributed by atoms with van der Waals surface area (Å²) in [6.45, 7) is 4.67. The van der Waals surface area contributed by atoms with Crippen LogP contribution in [0.2, 0.25) is 0 Å². The quantitative estimate of drug-likeness (QED) is 0.254. The minimum atomic E-state index is -0.211. The van der Waals surface area contributed by atoms with Gasteiger partial charge in [-0.15, -0.1) is 0 Å². The van der Waals surface area contributed by atoms with Crippen molar-refractivity contribution in [2.75, 3.05) is 12.0 Å². The Labute approximate surface area is 251 Å². The van der Waals surface area contributed by atoms with Gasteiger partial charge < -0.3 is 24.4 Å². The Morgan fingerprint density at radius 2 is 1.77 bits per heavy atom. The Morgan fingerprint density at radius 1 is 0.953 bits per heavy atom. The van der Waals surface area contributed by atoms with Crippen molar-refractivity contribution in [2.24, 2.45) is 0 Å². The number of carbonyl (C=O) groups is 2. The Morgan fingerprint density at radius 3 is 2.53 bits per heavy atom. The van der Waals surface area contributed by atoms with Crippen LogP contribution in [0.3, 0.4) is 0 Å². The number of aliphatic hydroxyl groups is 1. The topological polar surface area (TPSA) is 92.2 Å². The van der Waals surface area contributed by atoms with E-state index in [0.29, 0.717) is 41.4 Å². The monoisotopic (exact) mass is 577 g/mol. The summed E-state index contributed by atoms with van der Waals surface area (Å²) in [7, 11) is 1.61. The van der Waals surface area contributed by atoms with Crippen molar-refractivity contribution in [2.45, 2.75) is 58.5 Å². The van der Waals surface area contributed by atoms with Gasteiger partial charge in [-0.1, -0.05) is 42.5 Å². The second-order valence-corrected chi connectivity index (χ2v) is 11.2. The summed E-state index contributed by atoms with van der Waals surface area (Å²) in [5.41, 5.74) is 6.33.